The molecule has 0 heterocycles. The summed E-state index contributed by atoms with van der Waals surface area (Å²) in [6.07, 6.45) is 0. The van der Waals surface area contributed by atoms with Gasteiger partial charge in [0, 0.05) is 0 Å². The van der Waals surface area contributed by atoms with Gasteiger partial charge in [-0.3, -0.25) is 0 Å². The van der Waals surface area contributed by atoms with E-state index in [1.807, 2.05) is 0 Å². The fraction of sp³-hybridized carbons (Fsp3) is 0. The zero-order chi connectivity index (χ0) is 6.78. The van der Waals surface area contributed by atoms with Crippen LogP contribution in [0.15, 0.2) is 5.16 Å². The molecule has 0 saturated heterocycles. The lowest BCUT2D eigenvalue weighted by atomic mass is 11.2. The van der Waals surface area contributed by atoms with Crippen LogP contribution in [0.1, 0.15) is 0 Å². The Hall–Kier alpha value is -0.740. The monoisotopic (exact) mass is 142 g/mol. The van der Waals surface area contributed by atoms with Crippen LogP contribution >= 0.6 is 0 Å². The molecule has 0 spiro atoms. The molecule has 0 N–H and O–H groups in total. The highest BCUT2D eigenvalue weighted by Gasteiger charge is 2.15. The highest BCUT2D eigenvalue weighted by atomic mass is 32.3. The minimum atomic E-state index is -5.43. The van der Waals surface area contributed by atoms with Crippen molar-refractivity contribution in [2.75, 3.05) is 0 Å². The molecule has 0 aliphatic rings. The maximum Gasteiger partial charge on any atom is 0.370 e. The molecule has 0 amide bonds. The second-order valence-corrected chi connectivity index (χ2v) is 2.05. The number of hydrogen-bond acceptors (Lipinski definition) is 3. The SMILES string of the molecule is O=C=C(F)S(=O)(=O)F. The van der Waals surface area contributed by atoms with Gasteiger partial charge in [0.15, 0.2) is 5.94 Å². The minimum Gasteiger partial charge on any atom is -0.229 e. The van der Waals surface area contributed by atoms with Crippen molar-refractivity contribution >= 4 is 16.2 Å². The van der Waals surface area contributed by atoms with Crippen LogP contribution in [0.2, 0.25) is 0 Å². The van der Waals surface area contributed by atoms with E-state index in [0.717, 1.165) is 0 Å². The van der Waals surface area contributed by atoms with E-state index >= 15 is 0 Å². The first-order valence-corrected chi connectivity index (χ1v) is 2.72. The summed E-state index contributed by atoms with van der Waals surface area (Å²) in [7, 11) is -5.43. The molecule has 0 unspecified atom stereocenters. The van der Waals surface area contributed by atoms with Crippen molar-refractivity contribution in [2.24, 2.45) is 0 Å². The lowest BCUT2D eigenvalue weighted by molar-refractivity contribution is 0.529. The van der Waals surface area contributed by atoms with Gasteiger partial charge in [0.25, 0.3) is 0 Å². The van der Waals surface area contributed by atoms with Gasteiger partial charge in [-0.1, -0.05) is 3.89 Å². The smallest absolute Gasteiger partial charge is 0.229 e. The number of carbonyl (C=O) groups excluding carboxylic acids is 1. The molecule has 6 heteroatoms. The topological polar surface area (TPSA) is 51.2 Å². The van der Waals surface area contributed by atoms with E-state index in [9.17, 15) is 16.7 Å². The third kappa shape index (κ3) is 1.81. The molecule has 0 saturated carbocycles. The molecule has 0 radical (unpaired) electrons. The first-order valence-electron chi connectivity index (χ1n) is 1.33. The molecule has 0 aromatic heterocycles. The van der Waals surface area contributed by atoms with Crippen LogP contribution < -0.4 is 0 Å². The predicted molar refractivity (Wildman–Crippen MR) is 20.3 cm³/mol. The van der Waals surface area contributed by atoms with Crippen molar-refractivity contribution < 1.29 is 21.5 Å². The number of rotatable bonds is 1. The standard InChI is InChI=1S/C2F2O3S/c3-2(1-5)8(4,6)7. The summed E-state index contributed by atoms with van der Waals surface area (Å²) in [6, 6.07) is 0. The van der Waals surface area contributed by atoms with Crippen LogP contribution in [0.25, 0.3) is 0 Å². The molecule has 8 heavy (non-hydrogen) atoms. The lowest BCUT2D eigenvalue weighted by Crippen LogP contribution is -1.89. The number of halogens is 2. The van der Waals surface area contributed by atoms with Gasteiger partial charge in [0.2, 0.25) is 0 Å². The molecule has 0 aliphatic heterocycles. The average Bonchev–Trinajstić information content (AvgIpc) is 1.62. The highest BCUT2D eigenvalue weighted by Crippen LogP contribution is 2.03. The van der Waals surface area contributed by atoms with Gasteiger partial charge >= 0.3 is 15.4 Å². The van der Waals surface area contributed by atoms with Crippen molar-refractivity contribution in [3.05, 3.63) is 5.16 Å². The third-order valence-corrected chi connectivity index (χ3v) is 0.806. The summed E-state index contributed by atoms with van der Waals surface area (Å²) in [4.78, 5) is 9.00. The summed E-state index contributed by atoms with van der Waals surface area (Å²) in [6.45, 7) is 0. The molecule has 0 bridgehead atoms. The molecule has 3 nitrogen and oxygen atoms in total. The normalized spacial score (nSPS) is 10.2. The quantitative estimate of drug-likeness (QED) is 0.380. The van der Waals surface area contributed by atoms with Crippen LogP contribution in [0.3, 0.4) is 0 Å². The Morgan fingerprint density at radius 1 is 1.50 bits per heavy atom. The molecule has 0 aromatic carbocycles. The molecular weight excluding hydrogens is 142 g/mol. The van der Waals surface area contributed by atoms with Crippen molar-refractivity contribution in [3.63, 3.8) is 0 Å². The Balaban J connectivity index is 4.83. The largest absolute Gasteiger partial charge is 0.370 e. The Kier molecular flexibility index (Phi) is 1.83. The zero-order valence-electron chi connectivity index (χ0n) is 3.39. The summed E-state index contributed by atoms with van der Waals surface area (Å²) in [5.41, 5.74) is 0. The van der Waals surface area contributed by atoms with Crippen LogP contribution in [0.4, 0.5) is 8.28 Å². The summed E-state index contributed by atoms with van der Waals surface area (Å²) < 4.78 is 40.7. The Labute approximate surface area is 43.8 Å². The van der Waals surface area contributed by atoms with Gasteiger partial charge in [-0.05, 0) is 0 Å². The van der Waals surface area contributed by atoms with Crippen LogP contribution in [-0.4, -0.2) is 14.4 Å². The van der Waals surface area contributed by atoms with E-state index in [1.165, 1.54) is 0 Å². The van der Waals surface area contributed by atoms with Crippen molar-refractivity contribution in [1.82, 2.24) is 0 Å². The van der Waals surface area contributed by atoms with E-state index < -0.39 is 15.4 Å². The Bertz CT molecular complexity index is 222. The van der Waals surface area contributed by atoms with Crippen LogP contribution in [0, 0.1) is 0 Å². The van der Waals surface area contributed by atoms with Crippen molar-refractivity contribution in [1.29, 1.82) is 0 Å². The van der Waals surface area contributed by atoms with Crippen LogP contribution in [0.5, 0.6) is 0 Å². The molecule has 0 rings (SSSR count). The highest BCUT2D eigenvalue weighted by molar-refractivity contribution is 7.90. The molecule has 0 fully saturated rings. The lowest BCUT2D eigenvalue weighted by Gasteiger charge is -1.75. The summed E-state index contributed by atoms with van der Waals surface area (Å²) in [5, 5.41) is -2.42. The fourth-order valence-electron chi connectivity index (χ4n) is 0.0498. The van der Waals surface area contributed by atoms with E-state index in [-0.39, 0.29) is 5.94 Å². The summed E-state index contributed by atoms with van der Waals surface area (Å²) >= 11 is 0. The number of hydrogen-bond donors (Lipinski definition) is 0. The second-order valence-electron chi connectivity index (χ2n) is 0.814. The summed E-state index contributed by atoms with van der Waals surface area (Å²) in [5.74, 6) is 0.242. The fourth-order valence-corrected chi connectivity index (χ4v) is 0.149. The molecule has 0 aromatic rings. The molecular formula is C2F2O3S. The second kappa shape index (κ2) is 2.02. The van der Waals surface area contributed by atoms with Crippen molar-refractivity contribution in [2.45, 2.75) is 0 Å². The predicted octanol–water partition coefficient (Wildman–Crippen LogP) is -0.0718. The van der Waals surface area contributed by atoms with E-state index in [4.69, 9.17) is 4.79 Å². The Morgan fingerprint density at radius 3 is 1.88 bits per heavy atom. The van der Waals surface area contributed by atoms with Gasteiger partial charge < -0.3 is 0 Å². The molecule has 0 aliphatic carbocycles. The first-order chi connectivity index (χ1) is 3.48. The first kappa shape index (κ1) is 7.26. The van der Waals surface area contributed by atoms with Gasteiger partial charge in [-0.25, -0.2) is 4.79 Å². The molecule has 46 valence electrons. The maximum absolute atomic E-state index is 11.2. The minimum absolute atomic E-state index is 0.242. The van der Waals surface area contributed by atoms with Gasteiger partial charge in [-0.15, -0.1) is 0 Å². The van der Waals surface area contributed by atoms with Crippen LogP contribution in [-0.2, 0) is 15.0 Å². The van der Waals surface area contributed by atoms with Gasteiger partial charge in [0.1, 0.15) is 0 Å². The van der Waals surface area contributed by atoms with Gasteiger partial charge in [0.05, 0.1) is 0 Å². The van der Waals surface area contributed by atoms with E-state index in [1.54, 1.807) is 0 Å². The van der Waals surface area contributed by atoms with E-state index in [0.29, 0.717) is 0 Å². The van der Waals surface area contributed by atoms with E-state index in [2.05, 4.69) is 0 Å². The maximum atomic E-state index is 11.2. The Morgan fingerprint density at radius 2 is 1.88 bits per heavy atom. The van der Waals surface area contributed by atoms with Gasteiger partial charge in [-0.2, -0.15) is 12.8 Å². The van der Waals surface area contributed by atoms with Crippen molar-refractivity contribution in [3.8, 4) is 0 Å². The third-order valence-electron chi connectivity index (χ3n) is 0.294. The zero-order valence-corrected chi connectivity index (χ0v) is 4.21. The average molecular weight is 142 g/mol. The molecule has 0 atom stereocenters.